The van der Waals surface area contributed by atoms with Gasteiger partial charge in [0.2, 0.25) is 0 Å². The number of allylic oxidation sites excluding steroid dienone is 8. The summed E-state index contributed by atoms with van der Waals surface area (Å²) < 4.78 is 28.4. The zero-order chi connectivity index (χ0) is 53.3. The third kappa shape index (κ3) is 39.7. The van der Waals surface area contributed by atoms with Gasteiger partial charge in [-0.15, -0.1) is 0 Å². The number of ether oxygens (including phenoxy) is 5. The molecule has 0 aromatic carbocycles. The van der Waals surface area contributed by atoms with Crippen LogP contribution in [-0.2, 0) is 42.9 Å². The van der Waals surface area contributed by atoms with E-state index < -0.39 is 67.3 Å². The molecule has 0 aromatic heterocycles. The second-order valence-corrected chi connectivity index (χ2v) is 20.3. The van der Waals surface area contributed by atoms with Crippen LogP contribution in [0.25, 0.3) is 0 Å². The van der Waals surface area contributed by atoms with Crippen molar-refractivity contribution in [2.45, 2.75) is 302 Å². The topological polar surface area (TPSA) is 175 Å². The Hall–Kier alpha value is -3.32. The molecule has 6 unspecified atom stereocenters. The van der Waals surface area contributed by atoms with Crippen LogP contribution < -0.4 is 0 Å². The van der Waals surface area contributed by atoms with Crippen LogP contribution >= 0.6 is 0 Å². The molecule has 73 heavy (non-hydrogen) atoms. The van der Waals surface area contributed by atoms with Gasteiger partial charge in [-0.25, -0.2) is 4.79 Å². The van der Waals surface area contributed by atoms with E-state index in [-0.39, 0.29) is 25.9 Å². The van der Waals surface area contributed by atoms with Crippen molar-refractivity contribution in [3.8, 4) is 0 Å². The highest BCUT2D eigenvalue weighted by molar-refractivity contribution is 5.74. The summed E-state index contributed by atoms with van der Waals surface area (Å²) in [5.41, 5.74) is 0. The van der Waals surface area contributed by atoms with Crippen LogP contribution in [0.2, 0.25) is 0 Å². The molecule has 3 N–H and O–H groups in total. The molecule has 0 spiro atoms. The van der Waals surface area contributed by atoms with E-state index in [4.69, 9.17) is 23.7 Å². The number of carbonyl (C=O) groups is 4. The van der Waals surface area contributed by atoms with Gasteiger partial charge >= 0.3 is 23.9 Å². The zero-order valence-electron chi connectivity index (χ0n) is 46.4. The second kappa shape index (κ2) is 49.6. The van der Waals surface area contributed by atoms with Crippen LogP contribution in [0.3, 0.4) is 0 Å². The highest BCUT2D eigenvalue weighted by Gasteiger charge is 2.50. The quantitative estimate of drug-likeness (QED) is 0.0228. The van der Waals surface area contributed by atoms with Crippen LogP contribution in [0, 0.1) is 0 Å². The van der Waals surface area contributed by atoms with Gasteiger partial charge in [0.15, 0.2) is 24.6 Å². The molecule has 1 rings (SSSR count). The molecule has 0 amide bonds. The Balaban J connectivity index is 2.71. The summed E-state index contributed by atoms with van der Waals surface area (Å²) >= 11 is 0. The van der Waals surface area contributed by atoms with E-state index in [1.807, 2.05) is 0 Å². The van der Waals surface area contributed by atoms with Crippen molar-refractivity contribution in [2.75, 3.05) is 13.2 Å². The molecule has 1 saturated heterocycles. The highest BCUT2D eigenvalue weighted by Crippen LogP contribution is 2.26. The molecule has 0 aliphatic carbocycles. The number of carboxylic acid groups (broad SMARTS) is 1. The van der Waals surface area contributed by atoms with E-state index in [0.29, 0.717) is 19.3 Å². The Morgan fingerprint density at radius 1 is 0.452 bits per heavy atom. The van der Waals surface area contributed by atoms with E-state index in [1.54, 1.807) is 0 Å². The summed E-state index contributed by atoms with van der Waals surface area (Å²) in [6.45, 7) is 5.90. The fraction of sp³-hybridized carbons (Fsp3) is 0.803. The van der Waals surface area contributed by atoms with Gasteiger partial charge in [-0.2, -0.15) is 0 Å². The largest absolute Gasteiger partial charge is 0.479 e. The Bertz CT molecular complexity index is 1460. The SMILES string of the molecule is CCC/C=C\C/C=C\CCCCCCCC(=O)OC1C(OCC(COC(=O)CCCCCCC/C=C\C/C=C\CCCCC)OC(=O)CCCCCCCCCCCCCCCCC)OC(C(=O)O)C(O)C1O. The number of hydrogen-bond donors (Lipinski definition) is 3. The molecule has 12 heteroatoms. The number of hydrogen-bond acceptors (Lipinski definition) is 11. The molecule has 1 fully saturated rings. The Morgan fingerprint density at radius 2 is 0.849 bits per heavy atom. The van der Waals surface area contributed by atoms with Crippen molar-refractivity contribution >= 4 is 23.9 Å². The first kappa shape index (κ1) is 67.7. The lowest BCUT2D eigenvalue weighted by Gasteiger charge is -2.40. The molecule has 1 aliphatic rings. The summed E-state index contributed by atoms with van der Waals surface area (Å²) in [6.07, 6.45) is 46.5. The third-order valence-electron chi connectivity index (χ3n) is 13.4. The molecule has 1 heterocycles. The minimum Gasteiger partial charge on any atom is -0.479 e. The first-order valence-corrected chi connectivity index (χ1v) is 29.6. The van der Waals surface area contributed by atoms with Crippen LogP contribution in [0.5, 0.6) is 0 Å². The Morgan fingerprint density at radius 3 is 1.32 bits per heavy atom. The van der Waals surface area contributed by atoms with Gasteiger partial charge in [0.05, 0.1) is 6.61 Å². The van der Waals surface area contributed by atoms with Crippen molar-refractivity contribution in [3.05, 3.63) is 48.6 Å². The number of aliphatic hydroxyl groups excluding tert-OH is 2. The van der Waals surface area contributed by atoms with Crippen molar-refractivity contribution in [1.29, 1.82) is 0 Å². The Labute approximate surface area is 443 Å². The van der Waals surface area contributed by atoms with Crippen LogP contribution in [0.4, 0.5) is 0 Å². The molecule has 12 nitrogen and oxygen atoms in total. The molecule has 0 radical (unpaired) electrons. The predicted octanol–water partition coefficient (Wildman–Crippen LogP) is 15.0. The number of esters is 3. The van der Waals surface area contributed by atoms with Gasteiger partial charge in [-0.3, -0.25) is 14.4 Å². The zero-order valence-corrected chi connectivity index (χ0v) is 46.4. The molecule has 1 aliphatic heterocycles. The summed E-state index contributed by atoms with van der Waals surface area (Å²) in [6, 6.07) is 0. The molecule has 422 valence electrons. The maximum Gasteiger partial charge on any atom is 0.335 e. The number of unbranched alkanes of at least 4 members (excludes halogenated alkanes) is 28. The highest BCUT2D eigenvalue weighted by atomic mass is 16.7. The lowest BCUT2D eigenvalue weighted by atomic mass is 9.98. The van der Waals surface area contributed by atoms with Crippen molar-refractivity contribution < 1.29 is 58.2 Å². The number of carboxylic acids is 1. The summed E-state index contributed by atoms with van der Waals surface area (Å²) in [5, 5.41) is 31.4. The molecular formula is C61H106O12. The van der Waals surface area contributed by atoms with Crippen molar-refractivity contribution in [3.63, 3.8) is 0 Å². The van der Waals surface area contributed by atoms with Gasteiger partial charge in [0.25, 0.3) is 0 Å². The first-order valence-electron chi connectivity index (χ1n) is 29.6. The third-order valence-corrected chi connectivity index (χ3v) is 13.4. The molecule has 6 atom stereocenters. The minimum atomic E-state index is -1.91. The van der Waals surface area contributed by atoms with Gasteiger partial charge in [0, 0.05) is 19.3 Å². The fourth-order valence-electron chi connectivity index (χ4n) is 8.79. The Kier molecular flexibility index (Phi) is 45.9. The average Bonchev–Trinajstić information content (AvgIpc) is 3.37. The molecular weight excluding hydrogens is 925 g/mol. The van der Waals surface area contributed by atoms with Crippen LogP contribution in [-0.4, -0.2) is 89.2 Å². The molecule has 0 saturated carbocycles. The smallest absolute Gasteiger partial charge is 0.335 e. The number of carbonyl (C=O) groups excluding carboxylic acids is 3. The second-order valence-electron chi connectivity index (χ2n) is 20.3. The van der Waals surface area contributed by atoms with Gasteiger partial charge in [-0.05, 0) is 77.0 Å². The van der Waals surface area contributed by atoms with Crippen LogP contribution in [0.15, 0.2) is 48.6 Å². The minimum absolute atomic E-state index is 0.0442. The maximum absolute atomic E-state index is 13.1. The van der Waals surface area contributed by atoms with E-state index >= 15 is 0 Å². The van der Waals surface area contributed by atoms with Crippen molar-refractivity contribution in [2.24, 2.45) is 0 Å². The molecule has 0 bridgehead atoms. The monoisotopic (exact) mass is 1030 g/mol. The van der Waals surface area contributed by atoms with E-state index in [9.17, 15) is 34.5 Å². The van der Waals surface area contributed by atoms with Crippen molar-refractivity contribution in [1.82, 2.24) is 0 Å². The lowest BCUT2D eigenvalue weighted by Crippen LogP contribution is -2.61. The normalized spacial score (nSPS) is 18.6. The first-order chi connectivity index (χ1) is 35.6. The maximum atomic E-state index is 13.1. The van der Waals surface area contributed by atoms with Crippen LogP contribution in [0.1, 0.15) is 265 Å². The van der Waals surface area contributed by atoms with E-state index in [0.717, 1.165) is 116 Å². The summed E-state index contributed by atoms with van der Waals surface area (Å²) in [4.78, 5) is 51.1. The standard InChI is InChI=1S/C61H106O12/c1-4-7-10-13-16-19-22-25-27-30-32-35-38-41-44-47-53(62)69-50-52(71-54(63)48-45-42-39-36-34-31-28-26-23-20-17-14-11-8-5-2)51-70-61-59(57(66)56(65)58(73-61)60(67)68)72-55(64)49-46-43-40-37-33-29-24-21-18-15-12-9-6-3/h12,15-16,19,21,24-25,27,52,56-59,61,65-66H,4-11,13-14,17-18,20,22-23,26,28-51H2,1-3H3,(H,67,68)/b15-12-,19-16-,24-21-,27-25-. The molecule has 0 aromatic rings. The van der Waals surface area contributed by atoms with E-state index in [2.05, 4.69) is 69.4 Å². The average molecular weight is 1030 g/mol. The number of aliphatic carboxylic acids is 1. The van der Waals surface area contributed by atoms with Gasteiger partial charge in [-0.1, -0.05) is 217 Å². The summed E-state index contributed by atoms with van der Waals surface area (Å²) in [5.74, 6) is -3.14. The fourth-order valence-corrected chi connectivity index (χ4v) is 8.79. The number of aliphatic hydroxyl groups is 2. The van der Waals surface area contributed by atoms with Gasteiger partial charge in [0.1, 0.15) is 18.8 Å². The van der Waals surface area contributed by atoms with Gasteiger partial charge < -0.3 is 39.0 Å². The lowest BCUT2D eigenvalue weighted by molar-refractivity contribution is -0.301. The summed E-state index contributed by atoms with van der Waals surface area (Å²) in [7, 11) is 0. The van der Waals surface area contributed by atoms with E-state index in [1.165, 1.54) is 89.9 Å². The predicted molar refractivity (Wildman–Crippen MR) is 294 cm³/mol. The number of rotatable bonds is 50.